The Balaban J connectivity index is 1.72. The fraction of sp³-hybridized carbons (Fsp3) is 0.136. The van der Waals surface area contributed by atoms with E-state index in [0.717, 1.165) is 16.3 Å². The van der Waals surface area contributed by atoms with E-state index >= 15 is 0 Å². The van der Waals surface area contributed by atoms with Gasteiger partial charge in [0.15, 0.2) is 5.11 Å². The van der Waals surface area contributed by atoms with E-state index in [1.165, 1.54) is 24.3 Å². The van der Waals surface area contributed by atoms with Gasteiger partial charge in [-0.25, -0.2) is 0 Å². The molecule has 3 aromatic rings. The second-order valence-corrected chi connectivity index (χ2v) is 7.12. The molecule has 0 saturated heterocycles. The van der Waals surface area contributed by atoms with Gasteiger partial charge in [0.2, 0.25) is 5.91 Å². The molecule has 9 heteroatoms. The Morgan fingerprint density at radius 3 is 2.48 bits per heavy atom. The number of thiocarbonyl (C=S) groups is 1. The highest BCUT2D eigenvalue weighted by molar-refractivity contribution is 7.80. The highest BCUT2D eigenvalue weighted by Gasteiger charge is 2.20. The predicted molar refractivity (Wildman–Crippen MR) is 123 cm³/mol. The first-order chi connectivity index (χ1) is 15.0. The molecule has 3 N–H and O–H groups in total. The molecule has 0 fully saturated rings. The Hall–Kier alpha value is -4.03. The fourth-order valence-corrected chi connectivity index (χ4v) is 3.31. The Kier molecular flexibility index (Phi) is 7.09. The summed E-state index contributed by atoms with van der Waals surface area (Å²) in [4.78, 5) is 22.9. The number of carbonyl (C=O) groups is 1. The topological polar surface area (TPSA) is 120 Å². The summed E-state index contributed by atoms with van der Waals surface area (Å²) in [5, 5.41) is 30.3. The molecule has 3 rings (SSSR count). The Labute approximate surface area is 184 Å². The van der Waals surface area contributed by atoms with Crippen LogP contribution < -0.4 is 16.0 Å². The third-order valence-electron chi connectivity index (χ3n) is 4.55. The molecule has 31 heavy (non-hydrogen) atoms. The molecule has 0 aliphatic heterocycles. The normalized spacial score (nSPS) is 11.2. The number of nitrogens with zero attached hydrogens (tertiary/aromatic N) is 2. The van der Waals surface area contributed by atoms with Gasteiger partial charge in [-0.1, -0.05) is 42.5 Å². The number of benzene rings is 3. The maximum absolute atomic E-state index is 12.6. The van der Waals surface area contributed by atoms with Gasteiger partial charge in [0.25, 0.3) is 5.69 Å². The van der Waals surface area contributed by atoms with Crippen molar-refractivity contribution >= 4 is 45.4 Å². The minimum Gasteiger partial charge on any atom is -0.350 e. The van der Waals surface area contributed by atoms with Crippen LogP contribution in [-0.4, -0.2) is 28.5 Å². The highest BCUT2D eigenvalue weighted by Crippen LogP contribution is 2.18. The van der Waals surface area contributed by atoms with Crippen LogP contribution in [0.2, 0.25) is 0 Å². The molecule has 0 aliphatic carbocycles. The number of nitro groups is 1. The van der Waals surface area contributed by atoms with Crippen molar-refractivity contribution in [3.8, 4) is 6.07 Å². The first-order valence-electron chi connectivity index (χ1n) is 9.40. The van der Waals surface area contributed by atoms with E-state index in [1.807, 2.05) is 48.5 Å². The lowest BCUT2D eigenvalue weighted by molar-refractivity contribution is -0.384. The molecular weight excluding hydrogens is 414 g/mol. The van der Waals surface area contributed by atoms with E-state index in [9.17, 15) is 14.9 Å². The molecule has 0 spiro atoms. The minimum absolute atomic E-state index is 0.0329. The minimum atomic E-state index is -0.715. The van der Waals surface area contributed by atoms with Gasteiger partial charge < -0.3 is 16.0 Å². The number of amides is 1. The largest absolute Gasteiger partial charge is 0.350 e. The van der Waals surface area contributed by atoms with E-state index in [0.29, 0.717) is 12.1 Å². The first kappa shape index (κ1) is 21.7. The number of rotatable bonds is 7. The monoisotopic (exact) mass is 433 g/mol. The molecule has 0 aromatic heterocycles. The third-order valence-corrected chi connectivity index (χ3v) is 4.77. The van der Waals surface area contributed by atoms with Crippen LogP contribution in [0.3, 0.4) is 0 Å². The summed E-state index contributed by atoms with van der Waals surface area (Å²) in [7, 11) is 0. The summed E-state index contributed by atoms with van der Waals surface area (Å²) < 4.78 is 0. The molecule has 0 radical (unpaired) electrons. The lowest BCUT2D eigenvalue weighted by Crippen LogP contribution is -2.49. The van der Waals surface area contributed by atoms with Crippen LogP contribution in [0.25, 0.3) is 10.8 Å². The van der Waals surface area contributed by atoms with Crippen molar-refractivity contribution in [1.82, 2.24) is 10.6 Å². The summed E-state index contributed by atoms with van der Waals surface area (Å²) in [5.74, 6) is -0.359. The average molecular weight is 433 g/mol. The summed E-state index contributed by atoms with van der Waals surface area (Å²) in [5.41, 5.74) is 1.45. The van der Waals surface area contributed by atoms with E-state index in [2.05, 4.69) is 16.0 Å². The number of hydrogen-bond acceptors (Lipinski definition) is 5. The van der Waals surface area contributed by atoms with Crippen LogP contribution in [0, 0.1) is 21.4 Å². The third kappa shape index (κ3) is 5.98. The van der Waals surface area contributed by atoms with Crippen molar-refractivity contribution in [2.75, 3.05) is 11.9 Å². The Morgan fingerprint density at radius 2 is 1.81 bits per heavy atom. The van der Waals surface area contributed by atoms with Gasteiger partial charge in [-0.3, -0.25) is 14.9 Å². The van der Waals surface area contributed by atoms with Crippen LogP contribution in [-0.2, 0) is 11.2 Å². The number of carbonyl (C=O) groups excluding carboxylic acids is 1. The summed E-state index contributed by atoms with van der Waals surface area (Å²) in [6.45, 7) is -0.114. The van der Waals surface area contributed by atoms with E-state index < -0.39 is 11.0 Å². The molecule has 156 valence electrons. The number of fused-ring (bicyclic) bond motifs is 1. The van der Waals surface area contributed by atoms with Gasteiger partial charge in [0, 0.05) is 24.2 Å². The van der Waals surface area contributed by atoms with Crippen LogP contribution >= 0.6 is 12.2 Å². The molecule has 0 aliphatic rings. The van der Waals surface area contributed by atoms with Gasteiger partial charge in [0.05, 0.1) is 11.0 Å². The standard InChI is InChI=1S/C22H19N5O3S/c23-11-12-24-21(28)20(14-15-5-6-16-3-1-2-4-17(16)13-15)26-22(31)25-18-7-9-19(10-8-18)27(29)30/h1-10,13,20H,12,14H2,(H,24,28)(H2,25,26,31). The molecule has 1 amide bonds. The number of nitro benzene ring substituents is 1. The lowest BCUT2D eigenvalue weighted by Gasteiger charge is -2.20. The zero-order valence-electron chi connectivity index (χ0n) is 16.4. The van der Waals surface area contributed by atoms with E-state index in [4.69, 9.17) is 17.5 Å². The number of non-ortho nitro benzene ring substituents is 1. The van der Waals surface area contributed by atoms with Crippen molar-refractivity contribution in [3.05, 3.63) is 82.4 Å². The summed E-state index contributed by atoms with van der Waals surface area (Å²) in [6.07, 6.45) is 0.351. The Morgan fingerprint density at radius 1 is 1.10 bits per heavy atom. The number of nitriles is 1. The maximum Gasteiger partial charge on any atom is 0.269 e. The van der Waals surface area contributed by atoms with Gasteiger partial charge in [-0.05, 0) is 40.7 Å². The molecule has 1 unspecified atom stereocenters. The van der Waals surface area contributed by atoms with Gasteiger partial charge in [0.1, 0.15) is 12.6 Å². The second-order valence-electron chi connectivity index (χ2n) is 6.72. The first-order valence-corrected chi connectivity index (χ1v) is 9.81. The molecule has 0 heterocycles. The fourth-order valence-electron chi connectivity index (χ4n) is 3.05. The number of hydrogen-bond donors (Lipinski definition) is 3. The SMILES string of the molecule is N#CCNC(=O)C(Cc1ccc2ccccc2c1)NC(=S)Nc1ccc([N+](=O)[O-])cc1. The van der Waals surface area contributed by atoms with Crippen molar-refractivity contribution in [2.24, 2.45) is 0 Å². The zero-order valence-corrected chi connectivity index (χ0v) is 17.2. The van der Waals surface area contributed by atoms with Crippen molar-refractivity contribution < 1.29 is 9.72 Å². The van der Waals surface area contributed by atoms with Gasteiger partial charge >= 0.3 is 0 Å². The zero-order chi connectivity index (χ0) is 22.2. The molecule has 3 aromatic carbocycles. The van der Waals surface area contributed by atoms with Crippen molar-refractivity contribution in [2.45, 2.75) is 12.5 Å². The quantitative estimate of drug-likeness (QED) is 0.226. The van der Waals surface area contributed by atoms with Gasteiger partial charge in [-0.2, -0.15) is 5.26 Å². The van der Waals surface area contributed by atoms with Crippen LogP contribution in [0.15, 0.2) is 66.7 Å². The number of nitrogens with one attached hydrogen (secondary N) is 3. The maximum atomic E-state index is 12.6. The van der Waals surface area contributed by atoms with Crippen LogP contribution in [0.5, 0.6) is 0 Å². The van der Waals surface area contributed by atoms with Gasteiger partial charge in [-0.15, -0.1) is 0 Å². The van der Waals surface area contributed by atoms with Crippen molar-refractivity contribution in [1.29, 1.82) is 5.26 Å². The smallest absolute Gasteiger partial charge is 0.269 e. The van der Waals surface area contributed by atoms with Crippen LogP contribution in [0.1, 0.15) is 5.56 Å². The van der Waals surface area contributed by atoms with E-state index in [-0.39, 0.29) is 23.3 Å². The molecule has 8 nitrogen and oxygen atoms in total. The lowest BCUT2D eigenvalue weighted by atomic mass is 10.0. The second kappa shape index (κ2) is 10.1. The molecule has 0 saturated carbocycles. The highest BCUT2D eigenvalue weighted by atomic mass is 32.1. The molecule has 1 atom stereocenters. The van der Waals surface area contributed by atoms with Crippen molar-refractivity contribution in [3.63, 3.8) is 0 Å². The summed E-state index contributed by atoms with van der Waals surface area (Å²) in [6, 6.07) is 20.8. The predicted octanol–water partition coefficient (Wildman–Crippen LogP) is 3.29. The summed E-state index contributed by atoms with van der Waals surface area (Å²) >= 11 is 5.32. The molecular formula is C22H19N5O3S. The van der Waals surface area contributed by atoms with E-state index in [1.54, 1.807) is 0 Å². The number of anilines is 1. The average Bonchev–Trinajstić information content (AvgIpc) is 2.77. The Bertz CT molecular complexity index is 1160. The molecule has 0 bridgehead atoms. The van der Waals surface area contributed by atoms with Crippen LogP contribution in [0.4, 0.5) is 11.4 Å².